The first-order chi connectivity index (χ1) is 11.0. The Morgan fingerprint density at radius 2 is 1.87 bits per heavy atom. The molecular formula is C16H17N3O3S. The molecule has 2 aromatic rings. The van der Waals surface area contributed by atoms with Crippen LogP contribution in [0.15, 0.2) is 35.7 Å². The van der Waals surface area contributed by atoms with Crippen molar-refractivity contribution in [1.82, 2.24) is 5.32 Å². The summed E-state index contributed by atoms with van der Waals surface area (Å²) in [5.41, 5.74) is 6.81. The Morgan fingerprint density at radius 3 is 2.43 bits per heavy atom. The third kappa shape index (κ3) is 3.57. The van der Waals surface area contributed by atoms with Crippen LogP contribution in [0, 0.1) is 6.92 Å². The summed E-state index contributed by atoms with van der Waals surface area (Å²) in [5.74, 6) is -1.32. The van der Waals surface area contributed by atoms with Crippen LogP contribution < -0.4 is 16.0 Å². The summed E-state index contributed by atoms with van der Waals surface area (Å²) >= 11 is 1.21. The van der Waals surface area contributed by atoms with Gasteiger partial charge in [0, 0.05) is 12.6 Å². The van der Waals surface area contributed by atoms with Crippen LogP contribution >= 0.6 is 11.3 Å². The molecule has 0 bridgehead atoms. The highest BCUT2D eigenvalue weighted by atomic mass is 32.1. The molecule has 0 aliphatic heterocycles. The summed E-state index contributed by atoms with van der Waals surface area (Å²) in [6.07, 6.45) is 0. The maximum absolute atomic E-state index is 12.8. The van der Waals surface area contributed by atoms with Gasteiger partial charge in [0.2, 0.25) is 5.91 Å². The van der Waals surface area contributed by atoms with E-state index in [2.05, 4.69) is 5.32 Å². The van der Waals surface area contributed by atoms with E-state index in [4.69, 9.17) is 5.73 Å². The third-order valence-corrected chi connectivity index (χ3v) is 4.41. The normalized spacial score (nSPS) is 10.2. The Bertz CT molecular complexity index is 740. The molecule has 1 heterocycles. The smallest absolute Gasteiger partial charge is 0.259 e. The Balaban J connectivity index is 2.49. The molecule has 7 heteroatoms. The third-order valence-electron chi connectivity index (χ3n) is 3.29. The van der Waals surface area contributed by atoms with E-state index in [-0.39, 0.29) is 23.9 Å². The molecule has 0 saturated heterocycles. The van der Waals surface area contributed by atoms with Gasteiger partial charge in [0.25, 0.3) is 11.8 Å². The van der Waals surface area contributed by atoms with Crippen molar-refractivity contribution in [2.45, 2.75) is 6.92 Å². The molecule has 23 heavy (non-hydrogen) atoms. The summed E-state index contributed by atoms with van der Waals surface area (Å²) in [6.45, 7) is 1.55. The molecule has 0 fully saturated rings. The highest BCUT2D eigenvalue weighted by Crippen LogP contribution is 2.32. The predicted molar refractivity (Wildman–Crippen MR) is 89.8 cm³/mol. The van der Waals surface area contributed by atoms with Gasteiger partial charge in [-0.25, -0.2) is 0 Å². The van der Waals surface area contributed by atoms with Crippen LogP contribution in [0.25, 0.3) is 0 Å². The van der Waals surface area contributed by atoms with Crippen LogP contribution in [0.2, 0.25) is 0 Å². The van der Waals surface area contributed by atoms with Gasteiger partial charge in [-0.3, -0.25) is 19.3 Å². The minimum atomic E-state index is -0.624. The number of benzene rings is 1. The van der Waals surface area contributed by atoms with Crippen molar-refractivity contribution in [3.05, 3.63) is 52.4 Å². The lowest BCUT2D eigenvalue weighted by atomic mass is 10.1. The molecule has 3 N–H and O–H groups in total. The molecule has 0 aliphatic carbocycles. The molecular weight excluding hydrogens is 314 g/mol. The van der Waals surface area contributed by atoms with E-state index in [0.29, 0.717) is 16.1 Å². The van der Waals surface area contributed by atoms with E-state index in [0.717, 1.165) is 0 Å². The summed E-state index contributed by atoms with van der Waals surface area (Å²) in [7, 11) is 1.49. The van der Waals surface area contributed by atoms with E-state index < -0.39 is 5.91 Å². The van der Waals surface area contributed by atoms with Gasteiger partial charge >= 0.3 is 0 Å². The van der Waals surface area contributed by atoms with Crippen molar-refractivity contribution in [3.8, 4) is 0 Å². The number of aryl methyl sites for hydroxylation is 1. The van der Waals surface area contributed by atoms with E-state index in [1.165, 1.54) is 23.3 Å². The van der Waals surface area contributed by atoms with Crippen molar-refractivity contribution in [1.29, 1.82) is 0 Å². The number of nitrogens with one attached hydrogen (secondary N) is 1. The van der Waals surface area contributed by atoms with Gasteiger partial charge < -0.3 is 11.1 Å². The van der Waals surface area contributed by atoms with Crippen LogP contribution in [0.4, 0.5) is 5.00 Å². The molecule has 0 spiro atoms. The first kappa shape index (κ1) is 16.7. The second-order valence-electron chi connectivity index (χ2n) is 4.89. The number of anilines is 1. The minimum Gasteiger partial charge on any atom is -0.365 e. The SMILES string of the molecule is CNC(=O)CN(C(=O)c1ccccc1)c1scc(C)c1C(N)=O. The fraction of sp³-hybridized carbons (Fsp3) is 0.188. The second-order valence-corrected chi connectivity index (χ2v) is 5.75. The largest absolute Gasteiger partial charge is 0.365 e. The fourth-order valence-electron chi connectivity index (χ4n) is 2.12. The highest BCUT2D eigenvalue weighted by molar-refractivity contribution is 7.15. The molecule has 6 nitrogen and oxygen atoms in total. The van der Waals surface area contributed by atoms with Crippen LogP contribution in [0.3, 0.4) is 0 Å². The van der Waals surface area contributed by atoms with Crippen molar-refractivity contribution in [3.63, 3.8) is 0 Å². The fourth-order valence-corrected chi connectivity index (χ4v) is 3.18. The maximum Gasteiger partial charge on any atom is 0.259 e. The standard InChI is InChI=1S/C16H17N3O3S/c1-10-9-23-16(13(10)14(17)21)19(8-12(20)18-2)15(22)11-6-4-3-5-7-11/h3-7,9H,8H2,1-2H3,(H2,17,21)(H,18,20). The first-order valence-electron chi connectivity index (χ1n) is 6.91. The zero-order valence-corrected chi connectivity index (χ0v) is 13.6. The average molecular weight is 331 g/mol. The second kappa shape index (κ2) is 7.06. The molecule has 3 amide bonds. The van der Waals surface area contributed by atoms with Crippen molar-refractivity contribution in [2.75, 3.05) is 18.5 Å². The number of primary amides is 1. The van der Waals surface area contributed by atoms with Crippen LogP contribution in [-0.2, 0) is 4.79 Å². The van der Waals surface area contributed by atoms with Gasteiger partial charge in [0.1, 0.15) is 11.5 Å². The van der Waals surface area contributed by atoms with Crippen LogP contribution in [0.1, 0.15) is 26.3 Å². The molecule has 0 radical (unpaired) electrons. The van der Waals surface area contributed by atoms with Crippen molar-refractivity contribution in [2.24, 2.45) is 5.73 Å². The summed E-state index contributed by atoms with van der Waals surface area (Å²) in [4.78, 5) is 37.6. The van der Waals surface area contributed by atoms with E-state index in [1.54, 1.807) is 42.6 Å². The number of hydrogen-bond acceptors (Lipinski definition) is 4. The number of hydrogen-bond donors (Lipinski definition) is 2. The number of nitrogens with two attached hydrogens (primary N) is 1. The lowest BCUT2D eigenvalue weighted by Crippen LogP contribution is -2.40. The van der Waals surface area contributed by atoms with E-state index in [1.807, 2.05) is 0 Å². The number of rotatable bonds is 5. The monoisotopic (exact) mass is 331 g/mol. The molecule has 1 aromatic heterocycles. The number of carbonyl (C=O) groups is 3. The maximum atomic E-state index is 12.8. The van der Waals surface area contributed by atoms with Gasteiger partial charge in [-0.15, -0.1) is 11.3 Å². The molecule has 1 aromatic carbocycles. The number of amides is 3. The van der Waals surface area contributed by atoms with Gasteiger partial charge in [-0.2, -0.15) is 0 Å². The zero-order valence-electron chi connectivity index (χ0n) is 12.8. The molecule has 0 saturated carbocycles. The summed E-state index contributed by atoms with van der Waals surface area (Å²) in [5, 5.41) is 4.61. The van der Waals surface area contributed by atoms with E-state index in [9.17, 15) is 14.4 Å². The summed E-state index contributed by atoms with van der Waals surface area (Å²) in [6, 6.07) is 8.58. The Labute approximate surface area is 137 Å². The zero-order chi connectivity index (χ0) is 17.0. The van der Waals surface area contributed by atoms with Crippen molar-refractivity contribution >= 4 is 34.1 Å². The average Bonchev–Trinajstić information content (AvgIpc) is 2.94. The number of carbonyl (C=O) groups excluding carboxylic acids is 3. The Kier molecular flexibility index (Phi) is 5.13. The molecule has 0 aliphatic rings. The van der Waals surface area contributed by atoms with Gasteiger partial charge in [0.05, 0.1) is 5.56 Å². The number of thiophene rings is 1. The van der Waals surface area contributed by atoms with Gasteiger partial charge in [0.15, 0.2) is 0 Å². The number of likely N-dealkylation sites (N-methyl/N-ethyl adjacent to an activating group) is 1. The quantitative estimate of drug-likeness (QED) is 0.870. The van der Waals surface area contributed by atoms with Gasteiger partial charge in [-0.05, 0) is 30.0 Å². The molecule has 0 unspecified atom stereocenters. The minimum absolute atomic E-state index is 0.190. The van der Waals surface area contributed by atoms with Crippen molar-refractivity contribution < 1.29 is 14.4 Å². The van der Waals surface area contributed by atoms with Crippen LogP contribution in [0.5, 0.6) is 0 Å². The lowest BCUT2D eigenvalue weighted by Gasteiger charge is -2.21. The van der Waals surface area contributed by atoms with E-state index >= 15 is 0 Å². The molecule has 2 rings (SSSR count). The summed E-state index contributed by atoms with van der Waals surface area (Å²) < 4.78 is 0. The first-order valence-corrected chi connectivity index (χ1v) is 7.79. The molecule has 0 atom stereocenters. The topological polar surface area (TPSA) is 92.5 Å². The van der Waals surface area contributed by atoms with Gasteiger partial charge in [-0.1, -0.05) is 18.2 Å². The van der Waals surface area contributed by atoms with Crippen LogP contribution in [-0.4, -0.2) is 31.3 Å². The number of nitrogens with zero attached hydrogens (tertiary/aromatic N) is 1. The lowest BCUT2D eigenvalue weighted by molar-refractivity contribution is -0.119. The highest BCUT2D eigenvalue weighted by Gasteiger charge is 2.26. The Hall–Kier alpha value is -2.67. The Morgan fingerprint density at radius 1 is 1.22 bits per heavy atom. The predicted octanol–water partition coefficient (Wildman–Crippen LogP) is 1.55. The molecule has 120 valence electrons.